The summed E-state index contributed by atoms with van der Waals surface area (Å²) in [4.78, 5) is 22.5. The van der Waals surface area contributed by atoms with Gasteiger partial charge in [-0.25, -0.2) is 14.8 Å². The van der Waals surface area contributed by atoms with E-state index in [1.165, 1.54) is 17.1 Å². The average molecular weight is 219 g/mol. The first kappa shape index (κ1) is 10.2. The van der Waals surface area contributed by atoms with E-state index in [2.05, 4.69) is 20.1 Å². The largest absolute Gasteiger partial charge is 0.476 e. The summed E-state index contributed by atoms with van der Waals surface area (Å²) in [6.07, 6.45) is 2.62. The Morgan fingerprint density at radius 3 is 2.62 bits per heavy atom. The molecule has 7 nitrogen and oxygen atoms in total. The van der Waals surface area contributed by atoms with Crippen molar-refractivity contribution in [3.8, 4) is 5.82 Å². The van der Waals surface area contributed by atoms with Crippen molar-refractivity contribution in [3.05, 3.63) is 29.7 Å². The maximum Gasteiger partial charge on any atom is 0.356 e. The maximum atomic E-state index is 10.7. The average Bonchev–Trinajstić information content (AvgIpc) is 2.58. The highest BCUT2D eigenvalue weighted by molar-refractivity contribution is 5.85. The van der Waals surface area contributed by atoms with Crippen molar-refractivity contribution in [3.63, 3.8) is 0 Å². The number of nitrogens with zero attached hydrogens (tertiary/aromatic N) is 5. The Hall–Kier alpha value is -2.31. The van der Waals surface area contributed by atoms with Gasteiger partial charge in [-0.1, -0.05) is 0 Å². The van der Waals surface area contributed by atoms with Gasteiger partial charge in [-0.3, -0.25) is 4.98 Å². The highest BCUT2D eigenvalue weighted by Crippen LogP contribution is 2.05. The molecule has 1 N–H and O–H groups in total. The van der Waals surface area contributed by atoms with Crippen molar-refractivity contribution in [2.45, 2.75) is 13.8 Å². The molecular formula is C9H9N5O2. The predicted octanol–water partition coefficient (Wildman–Crippen LogP) is 0.372. The molecule has 0 saturated heterocycles. The van der Waals surface area contributed by atoms with Gasteiger partial charge in [0.2, 0.25) is 0 Å². The van der Waals surface area contributed by atoms with Crippen molar-refractivity contribution >= 4 is 5.97 Å². The zero-order valence-electron chi connectivity index (χ0n) is 8.75. The molecule has 2 aromatic rings. The van der Waals surface area contributed by atoms with Crippen LogP contribution < -0.4 is 0 Å². The third kappa shape index (κ3) is 1.74. The molecule has 2 heterocycles. The summed E-state index contributed by atoms with van der Waals surface area (Å²) < 4.78 is 1.45. The summed E-state index contributed by atoms with van der Waals surface area (Å²) in [5, 5.41) is 12.9. The van der Waals surface area contributed by atoms with Crippen LogP contribution in [0, 0.1) is 13.8 Å². The molecule has 0 aromatic carbocycles. The van der Waals surface area contributed by atoms with Gasteiger partial charge < -0.3 is 5.11 Å². The van der Waals surface area contributed by atoms with Crippen molar-refractivity contribution in [2.24, 2.45) is 0 Å². The molecule has 0 unspecified atom stereocenters. The Bertz CT molecular complexity index is 549. The summed E-state index contributed by atoms with van der Waals surface area (Å²) in [5.74, 6) is 0.455. The zero-order chi connectivity index (χ0) is 11.7. The fourth-order valence-corrected chi connectivity index (χ4v) is 1.30. The van der Waals surface area contributed by atoms with Crippen LogP contribution in [0.2, 0.25) is 0 Å². The van der Waals surface area contributed by atoms with E-state index in [1.54, 1.807) is 13.8 Å². The smallest absolute Gasteiger partial charge is 0.356 e. The number of rotatable bonds is 2. The summed E-state index contributed by atoms with van der Waals surface area (Å²) in [6, 6.07) is 0. The van der Waals surface area contributed by atoms with E-state index in [9.17, 15) is 4.79 Å². The number of aromatic carboxylic acids is 1. The lowest BCUT2D eigenvalue weighted by Crippen LogP contribution is -2.08. The first-order chi connectivity index (χ1) is 7.58. The zero-order valence-corrected chi connectivity index (χ0v) is 8.75. The van der Waals surface area contributed by atoms with Crippen LogP contribution in [0.15, 0.2) is 12.4 Å². The van der Waals surface area contributed by atoms with E-state index in [-0.39, 0.29) is 5.69 Å². The van der Waals surface area contributed by atoms with Crippen LogP contribution in [0.4, 0.5) is 0 Å². The van der Waals surface area contributed by atoms with E-state index in [4.69, 9.17) is 5.11 Å². The highest BCUT2D eigenvalue weighted by atomic mass is 16.4. The lowest BCUT2D eigenvalue weighted by atomic mass is 10.4. The van der Waals surface area contributed by atoms with Crippen LogP contribution in [0.3, 0.4) is 0 Å². The third-order valence-electron chi connectivity index (χ3n) is 1.93. The van der Waals surface area contributed by atoms with Crippen LogP contribution in [-0.4, -0.2) is 35.8 Å². The number of carbonyl (C=O) groups is 1. The Morgan fingerprint density at radius 1 is 1.31 bits per heavy atom. The summed E-state index contributed by atoms with van der Waals surface area (Å²) >= 11 is 0. The first-order valence-corrected chi connectivity index (χ1v) is 4.54. The molecule has 7 heteroatoms. The molecule has 0 fully saturated rings. The lowest BCUT2D eigenvalue weighted by Gasteiger charge is -2.01. The summed E-state index contributed by atoms with van der Waals surface area (Å²) in [6.45, 7) is 3.51. The second-order valence-electron chi connectivity index (χ2n) is 3.19. The molecule has 82 valence electrons. The van der Waals surface area contributed by atoms with Crippen LogP contribution in [0.25, 0.3) is 5.82 Å². The van der Waals surface area contributed by atoms with Crippen LogP contribution in [0.5, 0.6) is 0 Å². The molecule has 0 saturated carbocycles. The number of aromatic nitrogens is 5. The van der Waals surface area contributed by atoms with Gasteiger partial charge in [0.1, 0.15) is 11.6 Å². The minimum absolute atomic E-state index is 0.120. The monoisotopic (exact) mass is 219 g/mol. The minimum Gasteiger partial charge on any atom is -0.476 e. The minimum atomic E-state index is -1.12. The van der Waals surface area contributed by atoms with Crippen LogP contribution >= 0.6 is 0 Å². The number of carboxylic acids is 1. The van der Waals surface area contributed by atoms with E-state index < -0.39 is 5.97 Å². The van der Waals surface area contributed by atoms with E-state index in [0.717, 1.165) is 0 Å². The first-order valence-electron chi connectivity index (χ1n) is 4.54. The topological polar surface area (TPSA) is 93.8 Å². The SMILES string of the molecule is Cc1nc(C)n(-c2cncc(C(=O)O)n2)n1. The summed E-state index contributed by atoms with van der Waals surface area (Å²) in [5.41, 5.74) is -0.120. The highest BCUT2D eigenvalue weighted by Gasteiger charge is 2.10. The van der Waals surface area contributed by atoms with E-state index >= 15 is 0 Å². The van der Waals surface area contributed by atoms with Gasteiger partial charge in [-0.15, -0.1) is 5.10 Å². The fourth-order valence-electron chi connectivity index (χ4n) is 1.30. The molecule has 0 atom stereocenters. The molecule has 0 aliphatic rings. The molecule has 2 rings (SSSR count). The van der Waals surface area contributed by atoms with Gasteiger partial charge in [0.25, 0.3) is 0 Å². The van der Waals surface area contributed by atoms with Crippen molar-refractivity contribution in [1.82, 2.24) is 24.7 Å². The molecule has 0 aliphatic heterocycles. The van der Waals surface area contributed by atoms with Gasteiger partial charge in [0.15, 0.2) is 11.5 Å². The standard InChI is InChI=1S/C9H9N5O2/c1-5-11-6(2)14(13-5)8-4-10-3-7(12-8)9(15)16/h3-4H,1-2H3,(H,15,16). The normalized spacial score (nSPS) is 10.4. The molecule has 2 aromatic heterocycles. The molecule has 0 aliphatic carbocycles. The van der Waals surface area contributed by atoms with Gasteiger partial charge in [-0.05, 0) is 13.8 Å². The van der Waals surface area contributed by atoms with Gasteiger partial charge >= 0.3 is 5.97 Å². The van der Waals surface area contributed by atoms with Gasteiger partial charge in [0.05, 0.1) is 12.4 Å². The number of carboxylic acid groups (broad SMARTS) is 1. The van der Waals surface area contributed by atoms with Gasteiger partial charge in [0, 0.05) is 0 Å². The summed E-state index contributed by atoms with van der Waals surface area (Å²) in [7, 11) is 0. The number of hydrogen-bond acceptors (Lipinski definition) is 5. The van der Waals surface area contributed by atoms with Crippen LogP contribution in [0.1, 0.15) is 22.1 Å². The van der Waals surface area contributed by atoms with Crippen LogP contribution in [-0.2, 0) is 0 Å². The predicted molar refractivity (Wildman–Crippen MR) is 53.4 cm³/mol. The molecule has 16 heavy (non-hydrogen) atoms. The fraction of sp³-hybridized carbons (Fsp3) is 0.222. The Kier molecular flexibility index (Phi) is 2.35. The third-order valence-corrected chi connectivity index (χ3v) is 1.93. The Balaban J connectivity index is 2.52. The van der Waals surface area contributed by atoms with E-state index in [0.29, 0.717) is 17.5 Å². The van der Waals surface area contributed by atoms with Crippen molar-refractivity contribution in [1.29, 1.82) is 0 Å². The Labute approximate surface area is 90.8 Å². The molecular weight excluding hydrogens is 210 g/mol. The second-order valence-corrected chi connectivity index (χ2v) is 3.19. The van der Waals surface area contributed by atoms with Crippen molar-refractivity contribution < 1.29 is 9.90 Å². The Morgan fingerprint density at radius 2 is 2.06 bits per heavy atom. The molecule has 0 bridgehead atoms. The second kappa shape index (κ2) is 3.69. The van der Waals surface area contributed by atoms with E-state index in [1.807, 2.05) is 0 Å². The lowest BCUT2D eigenvalue weighted by molar-refractivity contribution is 0.0690. The van der Waals surface area contributed by atoms with Gasteiger partial charge in [-0.2, -0.15) is 4.68 Å². The quantitative estimate of drug-likeness (QED) is 0.784. The number of aryl methyl sites for hydroxylation is 2. The number of hydrogen-bond donors (Lipinski definition) is 1. The molecule has 0 spiro atoms. The molecule has 0 radical (unpaired) electrons. The van der Waals surface area contributed by atoms with Crippen molar-refractivity contribution in [2.75, 3.05) is 0 Å². The maximum absolute atomic E-state index is 10.7. The molecule has 0 amide bonds.